The van der Waals surface area contributed by atoms with Gasteiger partial charge in [0.1, 0.15) is 5.15 Å². The summed E-state index contributed by atoms with van der Waals surface area (Å²) in [7, 11) is 0. The van der Waals surface area contributed by atoms with Gasteiger partial charge in [-0.2, -0.15) is 0 Å². The molecule has 140 valence electrons. The van der Waals surface area contributed by atoms with E-state index in [4.69, 9.17) is 16.3 Å². The zero-order valence-corrected chi connectivity index (χ0v) is 16.5. The third kappa shape index (κ3) is 3.39. The van der Waals surface area contributed by atoms with Gasteiger partial charge >= 0.3 is 5.97 Å². The number of piperidine rings is 1. The van der Waals surface area contributed by atoms with Gasteiger partial charge < -0.3 is 9.64 Å². The van der Waals surface area contributed by atoms with E-state index in [9.17, 15) is 9.59 Å². The van der Waals surface area contributed by atoms with Crippen LogP contribution >= 0.6 is 22.9 Å². The quantitative estimate of drug-likeness (QED) is 0.477. The molecule has 0 radical (unpaired) electrons. The topological polar surface area (TPSA) is 59.5 Å². The van der Waals surface area contributed by atoms with Crippen LogP contribution in [0.2, 0.25) is 5.15 Å². The van der Waals surface area contributed by atoms with E-state index in [0.29, 0.717) is 29.7 Å². The minimum absolute atomic E-state index is 0.0645. The Bertz CT molecular complexity index is 1030. The summed E-state index contributed by atoms with van der Waals surface area (Å²) in [5.41, 5.74) is 0.816. The lowest BCUT2D eigenvalue weighted by Crippen LogP contribution is -2.42. The number of halogens is 1. The third-order valence-corrected chi connectivity index (χ3v) is 6.31. The lowest BCUT2D eigenvalue weighted by atomic mass is 9.98. The summed E-state index contributed by atoms with van der Waals surface area (Å²) in [5.74, 6) is -0.530. The zero-order valence-electron chi connectivity index (χ0n) is 14.9. The van der Waals surface area contributed by atoms with Gasteiger partial charge in [-0.1, -0.05) is 29.8 Å². The van der Waals surface area contributed by atoms with E-state index < -0.39 is 0 Å². The number of nitrogens with zero attached hydrogens (tertiary/aromatic N) is 2. The van der Waals surface area contributed by atoms with E-state index in [1.807, 2.05) is 30.3 Å². The molecule has 1 saturated heterocycles. The maximum Gasteiger partial charge on any atom is 0.310 e. The Labute approximate surface area is 165 Å². The largest absolute Gasteiger partial charge is 0.466 e. The number of likely N-dealkylation sites (tertiary alicyclic amines) is 1. The highest BCUT2D eigenvalue weighted by Gasteiger charge is 2.30. The van der Waals surface area contributed by atoms with E-state index >= 15 is 0 Å². The van der Waals surface area contributed by atoms with Crippen LogP contribution in [0.3, 0.4) is 0 Å². The molecule has 2 aromatic heterocycles. The second kappa shape index (κ2) is 7.44. The molecule has 1 atom stereocenters. The predicted molar refractivity (Wildman–Crippen MR) is 107 cm³/mol. The molecular weight excluding hydrogens is 384 g/mol. The van der Waals surface area contributed by atoms with Crippen LogP contribution in [0, 0.1) is 5.92 Å². The van der Waals surface area contributed by atoms with Gasteiger partial charge in [0.15, 0.2) is 0 Å². The highest BCUT2D eigenvalue weighted by Crippen LogP contribution is 2.36. The second-order valence-corrected chi connectivity index (χ2v) is 8.03. The van der Waals surface area contributed by atoms with Crippen molar-refractivity contribution in [2.24, 2.45) is 5.92 Å². The second-order valence-electron chi connectivity index (χ2n) is 6.62. The molecule has 0 unspecified atom stereocenters. The summed E-state index contributed by atoms with van der Waals surface area (Å²) >= 11 is 7.78. The van der Waals surface area contributed by atoms with Crippen molar-refractivity contribution in [2.75, 3.05) is 19.7 Å². The van der Waals surface area contributed by atoms with Crippen LogP contribution in [0.1, 0.15) is 29.4 Å². The van der Waals surface area contributed by atoms with Gasteiger partial charge in [0.25, 0.3) is 5.91 Å². The number of ether oxygens (including phenoxy) is 1. The fourth-order valence-electron chi connectivity index (χ4n) is 3.55. The van der Waals surface area contributed by atoms with Gasteiger partial charge in [-0.15, -0.1) is 11.3 Å². The van der Waals surface area contributed by atoms with Crippen molar-refractivity contribution in [3.05, 3.63) is 40.4 Å². The molecule has 5 nitrogen and oxygen atoms in total. The minimum Gasteiger partial charge on any atom is -0.466 e. The number of para-hydroxylation sites is 1. The normalized spacial score (nSPS) is 17.4. The van der Waals surface area contributed by atoms with Crippen molar-refractivity contribution < 1.29 is 14.3 Å². The first-order valence-corrected chi connectivity index (χ1v) is 10.2. The summed E-state index contributed by atoms with van der Waals surface area (Å²) in [6.07, 6.45) is 1.56. The van der Waals surface area contributed by atoms with Crippen molar-refractivity contribution in [3.63, 3.8) is 0 Å². The number of carbonyl (C=O) groups is 2. The molecule has 3 aromatic rings. The van der Waals surface area contributed by atoms with Gasteiger partial charge in [-0.3, -0.25) is 9.59 Å². The van der Waals surface area contributed by atoms with Crippen molar-refractivity contribution in [1.29, 1.82) is 0 Å². The Morgan fingerprint density at radius 1 is 1.33 bits per heavy atom. The number of aromatic nitrogens is 1. The van der Waals surface area contributed by atoms with Crippen molar-refractivity contribution >= 4 is 55.8 Å². The molecule has 0 spiro atoms. The number of rotatable bonds is 3. The number of hydrogen-bond donors (Lipinski definition) is 0. The van der Waals surface area contributed by atoms with Gasteiger partial charge in [0.05, 0.1) is 22.9 Å². The number of pyridine rings is 1. The highest BCUT2D eigenvalue weighted by atomic mass is 35.5. The first-order chi connectivity index (χ1) is 13.1. The monoisotopic (exact) mass is 402 g/mol. The SMILES string of the molecule is CCOC(=O)[C@H]1CCCN(C(=O)c2cc3c(Cl)nc4ccccc4c3s2)C1. The molecule has 0 bridgehead atoms. The molecule has 4 rings (SSSR count). The maximum atomic E-state index is 13.1. The van der Waals surface area contributed by atoms with E-state index in [-0.39, 0.29) is 17.8 Å². The minimum atomic E-state index is -0.247. The molecule has 1 aromatic carbocycles. The number of amides is 1. The predicted octanol–water partition coefficient (Wildman–Crippen LogP) is 4.52. The Morgan fingerprint density at radius 2 is 2.15 bits per heavy atom. The average molecular weight is 403 g/mol. The lowest BCUT2D eigenvalue weighted by Gasteiger charge is -2.31. The number of fused-ring (bicyclic) bond motifs is 3. The number of carbonyl (C=O) groups excluding carboxylic acids is 2. The first-order valence-electron chi connectivity index (χ1n) is 9.02. The van der Waals surface area contributed by atoms with Gasteiger partial charge in [0.2, 0.25) is 0 Å². The first kappa shape index (κ1) is 18.2. The van der Waals surface area contributed by atoms with Crippen LogP contribution in [0.25, 0.3) is 21.0 Å². The Hall–Kier alpha value is -2.18. The van der Waals surface area contributed by atoms with Crippen molar-refractivity contribution in [3.8, 4) is 0 Å². The molecule has 0 saturated carbocycles. The number of thiophene rings is 1. The van der Waals surface area contributed by atoms with Gasteiger partial charge in [-0.05, 0) is 31.9 Å². The molecule has 1 amide bonds. The number of esters is 1. The van der Waals surface area contributed by atoms with E-state index in [1.165, 1.54) is 11.3 Å². The maximum absolute atomic E-state index is 13.1. The molecule has 3 heterocycles. The summed E-state index contributed by atoms with van der Waals surface area (Å²) < 4.78 is 6.09. The summed E-state index contributed by atoms with van der Waals surface area (Å²) in [6.45, 7) is 3.20. The molecule has 1 aliphatic rings. The number of benzene rings is 1. The van der Waals surface area contributed by atoms with Gasteiger partial charge in [0, 0.05) is 28.6 Å². The van der Waals surface area contributed by atoms with Crippen LogP contribution < -0.4 is 0 Å². The third-order valence-electron chi connectivity index (χ3n) is 4.86. The standard InChI is InChI=1S/C20H19ClN2O3S/c1-2-26-20(25)12-6-5-9-23(11-12)19(24)16-10-14-17(27-16)13-7-3-4-8-15(13)22-18(14)21/h3-4,7-8,10,12H,2,5-6,9,11H2,1H3/t12-/m0/s1. The molecule has 27 heavy (non-hydrogen) atoms. The van der Waals surface area contributed by atoms with Crippen LogP contribution in [0.4, 0.5) is 0 Å². The fourth-order valence-corrected chi connectivity index (χ4v) is 5.01. The van der Waals surface area contributed by atoms with Crippen LogP contribution in [0.15, 0.2) is 30.3 Å². The lowest BCUT2D eigenvalue weighted by molar-refractivity contribution is -0.149. The molecule has 1 fully saturated rings. The Balaban J connectivity index is 1.66. The van der Waals surface area contributed by atoms with Gasteiger partial charge in [-0.25, -0.2) is 4.98 Å². The van der Waals surface area contributed by atoms with Crippen LogP contribution in [-0.4, -0.2) is 41.5 Å². The Morgan fingerprint density at radius 3 is 2.96 bits per heavy atom. The van der Waals surface area contributed by atoms with Crippen molar-refractivity contribution in [2.45, 2.75) is 19.8 Å². The molecule has 1 aliphatic heterocycles. The summed E-state index contributed by atoms with van der Waals surface area (Å²) in [4.78, 5) is 31.9. The molecule has 0 aliphatic carbocycles. The highest BCUT2D eigenvalue weighted by molar-refractivity contribution is 7.21. The average Bonchev–Trinajstić information content (AvgIpc) is 3.14. The van der Waals surface area contributed by atoms with E-state index in [0.717, 1.165) is 33.8 Å². The van der Waals surface area contributed by atoms with Crippen molar-refractivity contribution in [1.82, 2.24) is 9.88 Å². The molecule has 7 heteroatoms. The molecular formula is C20H19ClN2O3S. The fraction of sp³-hybridized carbons (Fsp3) is 0.350. The summed E-state index contributed by atoms with van der Waals surface area (Å²) in [6, 6.07) is 9.59. The summed E-state index contributed by atoms with van der Waals surface area (Å²) in [5, 5.41) is 2.19. The number of hydrogen-bond acceptors (Lipinski definition) is 5. The Kier molecular flexibility index (Phi) is 5.02. The smallest absolute Gasteiger partial charge is 0.310 e. The zero-order chi connectivity index (χ0) is 19.0. The van der Waals surface area contributed by atoms with Crippen LogP contribution in [-0.2, 0) is 9.53 Å². The van der Waals surface area contributed by atoms with E-state index in [2.05, 4.69) is 4.98 Å². The van der Waals surface area contributed by atoms with Crippen LogP contribution in [0.5, 0.6) is 0 Å². The van der Waals surface area contributed by atoms with E-state index in [1.54, 1.807) is 11.8 Å². The molecule has 0 N–H and O–H groups in total.